The highest BCUT2D eigenvalue weighted by atomic mass is 35.5. The van der Waals surface area contributed by atoms with Crippen LogP contribution >= 0.6 is 11.6 Å². The minimum Gasteiger partial charge on any atom is -0.463 e. The molecule has 1 atom stereocenters. The lowest BCUT2D eigenvalue weighted by atomic mass is 9.95. The fraction of sp³-hybridized carbons (Fsp3) is 0.286. The number of carbonyl (C=O) groups is 1. The Bertz CT molecular complexity index is 804. The second-order valence-corrected chi connectivity index (χ2v) is 5.28. The van der Waals surface area contributed by atoms with E-state index >= 15 is 0 Å². The molecule has 0 amide bonds. The van der Waals surface area contributed by atoms with Crippen molar-refractivity contribution < 1.29 is 13.9 Å². The molecular weight excluding hydrogens is 325 g/mol. The van der Waals surface area contributed by atoms with Gasteiger partial charge >= 0.3 is 5.97 Å². The van der Waals surface area contributed by atoms with Gasteiger partial charge in [-0.3, -0.25) is 0 Å². The van der Waals surface area contributed by atoms with Crippen LogP contribution in [0.15, 0.2) is 29.5 Å². The molecule has 0 saturated carbocycles. The van der Waals surface area contributed by atoms with Gasteiger partial charge in [-0.05, 0) is 30.3 Å². The van der Waals surface area contributed by atoms with E-state index in [9.17, 15) is 9.18 Å². The van der Waals surface area contributed by atoms with Crippen molar-refractivity contribution in [3.05, 3.63) is 45.9 Å². The number of hydrogen-bond acceptors (Lipinski definition) is 6. The Balaban J connectivity index is 2.21. The Kier molecular flexibility index (Phi) is 3.99. The quantitative estimate of drug-likeness (QED) is 0.866. The summed E-state index contributed by atoms with van der Waals surface area (Å²) in [7, 11) is 0. The first-order valence-electron chi connectivity index (χ1n) is 6.91. The molecule has 7 nitrogen and oxygen atoms in total. The van der Waals surface area contributed by atoms with Crippen molar-refractivity contribution >= 4 is 23.5 Å². The average molecular weight is 338 g/mol. The Labute approximate surface area is 136 Å². The summed E-state index contributed by atoms with van der Waals surface area (Å²) >= 11 is 5.88. The number of benzene rings is 1. The number of halogens is 2. The number of nitrogens with one attached hydrogen (secondary N) is 1. The summed E-state index contributed by atoms with van der Waals surface area (Å²) in [5, 5.41) is 14.1. The molecule has 2 heterocycles. The SMILES string of the molecule is CCOC(=O)C1=C(C)Nc2nnnn2C1c1cccc(Cl)c1F. The number of ether oxygens (including phenoxy) is 1. The third-order valence-corrected chi connectivity index (χ3v) is 3.78. The standard InChI is InChI=1S/C14H13ClFN5O2/c1-3-23-13(22)10-7(2)17-14-18-19-20-21(14)12(10)8-5-4-6-9(15)11(8)16/h4-6,12H,3H2,1-2H3,(H,17,18,20). The monoisotopic (exact) mass is 337 g/mol. The highest BCUT2D eigenvalue weighted by molar-refractivity contribution is 6.30. The maximum atomic E-state index is 14.5. The lowest BCUT2D eigenvalue weighted by Gasteiger charge is -2.27. The van der Waals surface area contributed by atoms with Crippen molar-refractivity contribution in [3.8, 4) is 0 Å². The molecule has 2 aromatic rings. The third-order valence-electron chi connectivity index (χ3n) is 3.49. The van der Waals surface area contributed by atoms with Gasteiger partial charge in [-0.2, -0.15) is 4.68 Å². The second-order valence-electron chi connectivity index (χ2n) is 4.88. The molecule has 1 aromatic carbocycles. The summed E-state index contributed by atoms with van der Waals surface area (Å²) in [6.07, 6.45) is 0. The van der Waals surface area contributed by atoms with Crippen LogP contribution in [0.2, 0.25) is 5.02 Å². The number of rotatable bonds is 3. The lowest BCUT2D eigenvalue weighted by molar-refractivity contribution is -0.139. The molecule has 0 fully saturated rings. The van der Waals surface area contributed by atoms with Gasteiger partial charge in [0.1, 0.15) is 11.9 Å². The first-order chi connectivity index (χ1) is 11.0. The van der Waals surface area contributed by atoms with Crippen LogP contribution in [0.4, 0.5) is 10.3 Å². The molecule has 23 heavy (non-hydrogen) atoms. The van der Waals surface area contributed by atoms with E-state index in [0.717, 1.165) is 0 Å². The van der Waals surface area contributed by atoms with E-state index < -0.39 is 17.8 Å². The van der Waals surface area contributed by atoms with E-state index in [0.29, 0.717) is 11.6 Å². The number of nitrogens with zero attached hydrogens (tertiary/aromatic N) is 4. The van der Waals surface area contributed by atoms with Gasteiger partial charge in [0.15, 0.2) is 0 Å². The summed E-state index contributed by atoms with van der Waals surface area (Å²) in [4.78, 5) is 12.4. The summed E-state index contributed by atoms with van der Waals surface area (Å²) in [6.45, 7) is 3.57. The zero-order chi connectivity index (χ0) is 16.6. The van der Waals surface area contributed by atoms with Gasteiger partial charge in [0.25, 0.3) is 0 Å². The number of allylic oxidation sites excluding steroid dienone is 1. The maximum Gasteiger partial charge on any atom is 0.338 e. The van der Waals surface area contributed by atoms with Gasteiger partial charge in [-0.25, -0.2) is 9.18 Å². The van der Waals surface area contributed by atoms with Gasteiger partial charge in [-0.15, -0.1) is 0 Å². The summed E-state index contributed by atoms with van der Waals surface area (Å²) in [5.41, 5.74) is 0.915. The van der Waals surface area contributed by atoms with Gasteiger partial charge < -0.3 is 10.1 Å². The molecule has 0 spiro atoms. The van der Waals surface area contributed by atoms with Crippen LogP contribution in [-0.2, 0) is 9.53 Å². The Morgan fingerprint density at radius 2 is 2.30 bits per heavy atom. The predicted octanol–water partition coefficient (Wildman–Crippen LogP) is 2.32. The van der Waals surface area contributed by atoms with Crippen molar-refractivity contribution in [2.24, 2.45) is 0 Å². The molecule has 1 N–H and O–H groups in total. The van der Waals surface area contributed by atoms with E-state index in [2.05, 4.69) is 20.8 Å². The molecule has 120 valence electrons. The molecule has 9 heteroatoms. The van der Waals surface area contributed by atoms with E-state index in [-0.39, 0.29) is 22.8 Å². The number of fused-ring (bicyclic) bond motifs is 1. The van der Waals surface area contributed by atoms with Gasteiger partial charge in [0, 0.05) is 11.3 Å². The van der Waals surface area contributed by atoms with E-state index in [1.54, 1.807) is 19.9 Å². The smallest absolute Gasteiger partial charge is 0.338 e. The van der Waals surface area contributed by atoms with Crippen molar-refractivity contribution in [2.45, 2.75) is 19.9 Å². The van der Waals surface area contributed by atoms with Crippen LogP contribution in [-0.4, -0.2) is 32.8 Å². The average Bonchev–Trinajstić information content (AvgIpc) is 2.97. The summed E-state index contributed by atoms with van der Waals surface area (Å²) < 4.78 is 20.9. The minimum atomic E-state index is -0.862. The molecule has 0 radical (unpaired) electrons. The Morgan fingerprint density at radius 1 is 1.52 bits per heavy atom. The molecule has 0 bridgehead atoms. The zero-order valence-corrected chi connectivity index (χ0v) is 13.1. The van der Waals surface area contributed by atoms with Crippen molar-refractivity contribution in [1.82, 2.24) is 20.2 Å². The molecule has 0 saturated heterocycles. The number of anilines is 1. The Hall–Kier alpha value is -2.48. The van der Waals surface area contributed by atoms with Gasteiger partial charge in [0.2, 0.25) is 5.95 Å². The highest BCUT2D eigenvalue weighted by Crippen LogP contribution is 2.37. The van der Waals surface area contributed by atoms with E-state index in [4.69, 9.17) is 16.3 Å². The van der Waals surface area contributed by atoms with Crippen molar-refractivity contribution in [2.75, 3.05) is 11.9 Å². The number of esters is 1. The fourth-order valence-corrected chi connectivity index (χ4v) is 2.69. The van der Waals surface area contributed by atoms with Crippen LogP contribution in [0.25, 0.3) is 0 Å². The molecule has 1 aromatic heterocycles. The molecule has 1 aliphatic heterocycles. The largest absolute Gasteiger partial charge is 0.463 e. The van der Waals surface area contributed by atoms with Crippen LogP contribution in [0.1, 0.15) is 25.5 Å². The zero-order valence-electron chi connectivity index (χ0n) is 12.4. The fourth-order valence-electron chi connectivity index (χ4n) is 2.50. The first-order valence-corrected chi connectivity index (χ1v) is 7.29. The highest BCUT2D eigenvalue weighted by Gasteiger charge is 2.36. The van der Waals surface area contributed by atoms with Gasteiger partial charge in [-0.1, -0.05) is 28.8 Å². The van der Waals surface area contributed by atoms with Gasteiger partial charge in [0.05, 0.1) is 17.2 Å². The first kappa shape index (κ1) is 15.4. The third kappa shape index (κ3) is 2.55. The predicted molar refractivity (Wildman–Crippen MR) is 80.3 cm³/mol. The topological polar surface area (TPSA) is 81.9 Å². The van der Waals surface area contributed by atoms with Crippen LogP contribution < -0.4 is 5.32 Å². The summed E-state index contributed by atoms with van der Waals surface area (Å²) in [6, 6.07) is 3.71. The van der Waals surface area contributed by atoms with Crippen LogP contribution in [0.5, 0.6) is 0 Å². The molecule has 0 aliphatic carbocycles. The maximum absolute atomic E-state index is 14.5. The summed E-state index contributed by atoms with van der Waals surface area (Å²) in [5.74, 6) is -0.889. The van der Waals surface area contributed by atoms with E-state index in [1.165, 1.54) is 16.8 Å². The molecule has 3 rings (SSSR count). The molecule has 1 unspecified atom stereocenters. The molecular formula is C14H13ClFN5O2. The van der Waals surface area contributed by atoms with E-state index in [1.807, 2.05) is 0 Å². The number of tetrazole rings is 1. The number of hydrogen-bond donors (Lipinski definition) is 1. The minimum absolute atomic E-state index is 0.0449. The normalized spacial score (nSPS) is 16.8. The van der Waals surface area contributed by atoms with Crippen LogP contribution in [0, 0.1) is 5.82 Å². The number of aromatic nitrogens is 4. The Morgan fingerprint density at radius 3 is 3.04 bits per heavy atom. The second kappa shape index (κ2) is 5.96. The van der Waals surface area contributed by atoms with Crippen molar-refractivity contribution in [1.29, 1.82) is 0 Å². The molecule has 1 aliphatic rings. The lowest BCUT2D eigenvalue weighted by Crippen LogP contribution is -2.30. The number of carbonyl (C=O) groups excluding carboxylic acids is 1. The van der Waals surface area contributed by atoms with Crippen molar-refractivity contribution in [3.63, 3.8) is 0 Å². The van der Waals surface area contributed by atoms with Crippen LogP contribution in [0.3, 0.4) is 0 Å².